The number of carbonyl (C=O) groups is 1. The second-order valence-corrected chi connectivity index (χ2v) is 8.62. The van der Waals surface area contributed by atoms with Crippen molar-refractivity contribution in [2.24, 2.45) is 5.92 Å². The molecule has 1 fully saturated rings. The fraction of sp³-hybridized carbons (Fsp3) is 0.583. The van der Waals surface area contributed by atoms with Crippen molar-refractivity contribution in [3.8, 4) is 0 Å². The van der Waals surface area contributed by atoms with Crippen molar-refractivity contribution < 1.29 is 4.79 Å². The van der Waals surface area contributed by atoms with Gasteiger partial charge in [0.25, 0.3) is 0 Å². The van der Waals surface area contributed by atoms with Gasteiger partial charge in [-0.05, 0) is 58.3 Å². The van der Waals surface area contributed by atoms with Crippen LogP contribution >= 0.6 is 12.2 Å². The molecule has 158 valence electrons. The molecule has 0 aromatic carbocycles. The first-order chi connectivity index (χ1) is 14.2. The number of aromatic nitrogens is 1. The number of pyridine rings is 1. The van der Waals surface area contributed by atoms with Gasteiger partial charge in [0, 0.05) is 30.8 Å². The van der Waals surface area contributed by atoms with Crippen molar-refractivity contribution in [3.63, 3.8) is 0 Å². The number of allylic oxidation sites excluding steroid dienone is 3. The average Bonchev–Trinajstić information content (AvgIpc) is 2.75. The number of anilines is 2. The van der Waals surface area contributed by atoms with Crippen LogP contribution in [0.2, 0.25) is 0 Å². The van der Waals surface area contributed by atoms with Crippen LogP contribution in [0, 0.1) is 10.6 Å². The summed E-state index contributed by atoms with van der Waals surface area (Å²) in [7, 11) is 0. The molecule has 5 heteroatoms. The van der Waals surface area contributed by atoms with Gasteiger partial charge >= 0.3 is 0 Å². The van der Waals surface area contributed by atoms with E-state index in [0.717, 1.165) is 60.4 Å². The standard InChI is InChI=1S/C24H35N3OS/c1-2-13-20-22(27-16-11-8-12-17-27)21(18-25-24(20)29)26-23(28)19-14-9-6-4-3-5-7-10-15-19/h2,4,6,13,18-19H,3,5,7-12,14-17H2,1H3,(H,25,29)(H,26,28)/b6-4-,13-2-. The quantitative estimate of drug-likeness (QED) is 0.430. The number of amides is 1. The highest BCUT2D eigenvalue weighted by molar-refractivity contribution is 7.71. The van der Waals surface area contributed by atoms with E-state index in [1.54, 1.807) is 0 Å². The molecule has 0 spiro atoms. The summed E-state index contributed by atoms with van der Waals surface area (Å²) in [5.41, 5.74) is 2.96. The molecule has 2 aliphatic rings. The Morgan fingerprint density at radius 3 is 2.66 bits per heavy atom. The molecule has 1 aliphatic heterocycles. The highest BCUT2D eigenvalue weighted by Gasteiger charge is 2.23. The van der Waals surface area contributed by atoms with Gasteiger partial charge in [0.05, 0.1) is 11.4 Å². The summed E-state index contributed by atoms with van der Waals surface area (Å²) >= 11 is 5.58. The van der Waals surface area contributed by atoms with Gasteiger partial charge < -0.3 is 15.2 Å². The lowest BCUT2D eigenvalue weighted by Gasteiger charge is -2.32. The van der Waals surface area contributed by atoms with E-state index in [1.165, 1.54) is 38.5 Å². The molecular formula is C24H35N3OS. The summed E-state index contributed by atoms with van der Waals surface area (Å²) in [4.78, 5) is 18.8. The summed E-state index contributed by atoms with van der Waals surface area (Å²) < 4.78 is 0.727. The van der Waals surface area contributed by atoms with Gasteiger partial charge in [-0.25, -0.2) is 0 Å². The van der Waals surface area contributed by atoms with E-state index in [4.69, 9.17) is 12.2 Å². The predicted molar refractivity (Wildman–Crippen MR) is 126 cm³/mol. The van der Waals surface area contributed by atoms with Crippen LogP contribution in [-0.4, -0.2) is 24.0 Å². The minimum absolute atomic E-state index is 0.0697. The molecule has 0 radical (unpaired) electrons. The summed E-state index contributed by atoms with van der Waals surface area (Å²) in [6.45, 7) is 4.04. The van der Waals surface area contributed by atoms with Crippen molar-refractivity contribution in [3.05, 3.63) is 34.6 Å². The summed E-state index contributed by atoms with van der Waals surface area (Å²) in [6, 6.07) is 0. The summed E-state index contributed by atoms with van der Waals surface area (Å²) in [5.74, 6) is 0.217. The Hall–Kier alpha value is -1.88. The molecule has 1 aromatic heterocycles. The minimum atomic E-state index is 0.0697. The van der Waals surface area contributed by atoms with Crippen molar-refractivity contribution in [2.75, 3.05) is 23.3 Å². The van der Waals surface area contributed by atoms with Crippen LogP contribution in [0.25, 0.3) is 6.08 Å². The van der Waals surface area contributed by atoms with Crippen molar-refractivity contribution in [1.82, 2.24) is 4.98 Å². The lowest BCUT2D eigenvalue weighted by atomic mass is 9.93. The van der Waals surface area contributed by atoms with Gasteiger partial charge in [-0.2, -0.15) is 0 Å². The maximum absolute atomic E-state index is 13.2. The molecule has 1 atom stereocenters. The summed E-state index contributed by atoms with van der Waals surface area (Å²) in [5, 5.41) is 3.27. The third-order valence-electron chi connectivity index (χ3n) is 6.01. The average molecular weight is 414 g/mol. The Labute approximate surface area is 180 Å². The molecule has 2 N–H and O–H groups in total. The maximum atomic E-state index is 13.2. The van der Waals surface area contributed by atoms with Crippen LogP contribution in [0.4, 0.5) is 11.4 Å². The van der Waals surface area contributed by atoms with Gasteiger partial charge in [0.1, 0.15) is 4.64 Å². The zero-order valence-electron chi connectivity index (χ0n) is 17.7. The molecule has 3 rings (SSSR count). The third kappa shape index (κ3) is 6.05. The van der Waals surface area contributed by atoms with E-state index < -0.39 is 0 Å². The van der Waals surface area contributed by atoms with Gasteiger partial charge in [-0.15, -0.1) is 0 Å². The fourth-order valence-electron chi connectivity index (χ4n) is 4.42. The highest BCUT2D eigenvalue weighted by Crippen LogP contribution is 2.34. The van der Waals surface area contributed by atoms with Crippen LogP contribution < -0.4 is 10.2 Å². The second-order valence-electron chi connectivity index (χ2n) is 8.21. The first-order valence-corrected chi connectivity index (χ1v) is 11.7. The molecule has 1 unspecified atom stereocenters. The van der Waals surface area contributed by atoms with Gasteiger partial charge in [-0.3, -0.25) is 4.79 Å². The number of hydrogen-bond donors (Lipinski definition) is 2. The van der Waals surface area contributed by atoms with Crippen molar-refractivity contribution in [1.29, 1.82) is 0 Å². The Kier molecular flexibility index (Phi) is 8.53. The number of nitrogens with one attached hydrogen (secondary N) is 2. The summed E-state index contributed by atoms with van der Waals surface area (Å²) in [6.07, 6.45) is 21.7. The van der Waals surface area contributed by atoms with E-state index in [0.29, 0.717) is 0 Å². The highest BCUT2D eigenvalue weighted by atomic mass is 32.1. The largest absolute Gasteiger partial charge is 0.369 e. The molecule has 1 aromatic rings. The SMILES string of the molecule is C/C=C\c1c(N2CCCCC2)c(NC(=O)C2CC/C=C\CCCCC2)c[nH]c1=S. The molecule has 0 bridgehead atoms. The first-order valence-electron chi connectivity index (χ1n) is 11.3. The predicted octanol–water partition coefficient (Wildman–Crippen LogP) is 6.62. The number of aromatic amines is 1. The molecular weight excluding hydrogens is 378 g/mol. The molecule has 1 amide bonds. The first kappa shape index (κ1) is 21.8. The van der Waals surface area contributed by atoms with E-state index in [2.05, 4.69) is 33.4 Å². The fourth-order valence-corrected chi connectivity index (χ4v) is 4.64. The van der Waals surface area contributed by atoms with E-state index in [1.807, 2.05) is 19.2 Å². The number of nitrogens with zero attached hydrogens (tertiary/aromatic N) is 1. The van der Waals surface area contributed by atoms with E-state index in [9.17, 15) is 4.79 Å². The molecule has 2 heterocycles. The van der Waals surface area contributed by atoms with Gasteiger partial charge in [0.15, 0.2) is 0 Å². The van der Waals surface area contributed by atoms with Crippen LogP contribution in [-0.2, 0) is 4.79 Å². The van der Waals surface area contributed by atoms with Crippen molar-refractivity contribution in [2.45, 2.75) is 71.1 Å². The van der Waals surface area contributed by atoms with E-state index >= 15 is 0 Å². The van der Waals surface area contributed by atoms with Crippen LogP contribution in [0.15, 0.2) is 24.4 Å². The monoisotopic (exact) mass is 413 g/mol. The number of carbonyl (C=O) groups excluding carboxylic acids is 1. The Bertz CT molecular complexity index is 790. The van der Waals surface area contributed by atoms with Crippen LogP contribution in [0.3, 0.4) is 0 Å². The number of piperidine rings is 1. The topological polar surface area (TPSA) is 48.1 Å². The molecule has 4 nitrogen and oxygen atoms in total. The Balaban J connectivity index is 1.85. The number of H-pyrrole nitrogens is 1. The Morgan fingerprint density at radius 1 is 1.10 bits per heavy atom. The minimum Gasteiger partial charge on any atom is -0.369 e. The zero-order chi connectivity index (χ0) is 20.5. The van der Waals surface area contributed by atoms with Gasteiger partial charge in [-0.1, -0.05) is 49.4 Å². The van der Waals surface area contributed by atoms with E-state index in [-0.39, 0.29) is 11.8 Å². The zero-order valence-corrected chi connectivity index (χ0v) is 18.5. The molecule has 0 saturated carbocycles. The lowest BCUT2D eigenvalue weighted by Crippen LogP contribution is -2.32. The maximum Gasteiger partial charge on any atom is 0.227 e. The molecule has 1 aliphatic carbocycles. The Morgan fingerprint density at radius 2 is 1.86 bits per heavy atom. The normalized spacial score (nSPS) is 22.4. The molecule has 1 saturated heterocycles. The lowest BCUT2D eigenvalue weighted by molar-refractivity contribution is -0.120. The smallest absolute Gasteiger partial charge is 0.227 e. The van der Waals surface area contributed by atoms with Gasteiger partial charge in [0.2, 0.25) is 5.91 Å². The number of rotatable bonds is 4. The second kappa shape index (κ2) is 11.3. The molecule has 29 heavy (non-hydrogen) atoms. The van der Waals surface area contributed by atoms with Crippen LogP contribution in [0.5, 0.6) is 0 Å². The number of hydrogen-bond acceptors (Lipinski definition) is 3. The third-order valence-corrected chi connectivity index (χ3v) is 6.35. The van der Waals surface area contributed by atoms with Crippen molar-refractivity contribution >= 4 is 35.6 Å². The van der Waals surface area contributed by atoms with Crippen LogP contribution in [0.1, 0.15) is 76.7 Å².